The Morgan fingerprint density at radius 1 is 1.64 bits per heavy atom. The van der Waals surface area contributed by atoms with Crippen LogP contribution in [0.4, 0.5) is 0 Å². The lowest BCUT2D eigenvalue weighted by Crippen LogP contribution is -2.40. The Hall–Kier alpha value is -0.160. The van der Waals surface area contributed by atoms with Crippen molar-refractivity contribution in [2.75, 3.05) is 13.7 Å². The van der Waals surface area contributed by atoms with Gasteiger partial charge >= 0.3 is 0 Å². The van der Waals surface area contributed by atoms with Crippen LogP contribution in [0.5, 0.6) is 0 Å². The first kappa shape index (κ1) is 8.93. The van der Waals surface area contributed by atoms with Gasteiger partial charge in [-0.15, -0.1) is 0 Å². The fourth-order valence-electron chi connectivity index (χ4n) is 1.32. The molecule has 11 heavy (non-hydrogen) atoms. The van der Waals surface area contributed by atoms with Crippen molar-refractivity contribution in [1.29, 1.82) is 0 Å². The molecule has 0 saturated carbocycles. The van der Waals surface area contributed by atoms with E-state index in [0.29, 0.717) is 0 Å². The Kier molecular flexibility index (Phi) is 2.49. The van der Waals surface area contributed by atoms with Crippen LogP contribution >= 0.6 is 0 Å². The van der Waals surface area contributed by atoms with Crippen LogP contribution in [0, 0.1) is 0 Å². The van der Waals surface area contributed by atoms with Crippen LogP contribution < -0.4 is 0 Å². The lowest BCUT2D eigenvalue weighted by molar-refractivity contribution is -0.203. The number of methoxy groups -OCH3 is 1. The average Bonchev–Trinajstić information content (AvgIpc) is 2.07. The van der Waals surface area contributed by atoms with Crippen LogP contribution in [0.2, 0.25) is 0 Å². The van der Waals surface area contributed by atoms with Gasteiger partial charge in [0.1, 0.15) is 6.10 Å². The van der Waals surface area contributed by atoms with Crippen LogP contribution in [-0.2, 0) is 9.47 Å². The normalized spacial score (nSPS) is 36.0. The van der Waals surface area contributed by atoms with E-state index in [0.717, 1.165) is 0 Å². The summed E-state index contributed by atoms with van der Waals surface area (Å²) in [5.74, 6) is -1.71. The molecule has 4 nitrogen and oxygen atoms in total. The largest absolute Gasteiger partial charge is 0.382 e. The van der Waals surface area contributed by atoms with Gasteiger partial charge in [-0.1, -0.05) is 0 Å². The molecule has 0 aromatic rings. The summed E-state index contributed by atoms with van der Waals surface area (Å²) in [6.07, 6.45) is -0.464. The van der Waals surface area contributed by atoms with Crippen molar-refractivity contribution in [2.24, 2.45) is 0 Å². The molecule has 1 aliphatic rings. The lowest BCUT2D eigenvalue weighted by atomic mass is 10.1. The minimum atomic E-state index is -1.71. The lowest BCUT2D eigenvalue weighted by Gasteiger charge is -2.20. The van der Waals surface area contributed by atoms with Crippen LogP contribution in [0.15, 0.2) is 0 Å². The van der Waals surface area contributed by atoms with Gasteiger partial charge < -0.3 is 19.7 Å². The first-order valence-electron chi connectivity index (χ1n) is 3.65. The molecule has 0 radical (unpaired) electrons. The van der Waals surface area contributed by atoms with Crippen molar-refractivity contribution in [3.63, 3.8) is 0 Å². The minimum Gasteiger partial charge on any atom is -0.382 e. The monoisotopic (exact) mass is 162 g/mol. The summed E-state index contributed by atoms with van der Waals surface area (Å²) in [6, 6.07) is 0. The van der Waals surface area contributed by atoms with Gasteiger partial charge in [-0.3, -0.25) is 0 Å². The summed E-state index contributed by atoms with van der Waals surface area (Å²) in [5.41, 5.74) is 0. The summed E-state index contributed by atoms with van der Waals surface area (Å²) in [5, 5.41) is 18.6. The van der Waals surface area contributed by atoms with E-state index in [1.54, 1.807) is 6.92 Å². The Morgan fingerprint density at radius 3 is 2.64 bits per heavy atom. The standard InChI is InChI=1S/C7H14O4/c1-5-3-7(8,9)6(11-5)4-10-2/h5-6,8-9H,3-4H2,1-2H3/t5-,6+/m0/s1. The third-order valence-corrected chi connectivity index (χ3v) is 1.82. The second-order valence-electron chi connectivity index (χ2n) is 2.97. The fourth-order valence-corrected chi connectivity index (χ4v) is 1.32. The Bertz CT molecular complexity index is 134. The predicted octanol–water partition coefficient (Wildman–Crippen LogP) is -0.509. The van der Waals surface area contributed by atoms with Gasteiger partial charge in [0.2, 0.25) is 0 Å². The SMILES string of the molecule is COC[C@H]1O[C@@H](C)CC1(O)O. The highest BCUT2D eigenvalue weighted by atomic mass is 16.6. The fraction of sp³-hybridized carbons (Fsp3) is 1.00. The number of hydrogen-bond donors (Lipinski definition) is 2. The summed E-state index contributed by atoms with van der Waals surface area (Å²) in [7, 11) is 1.50. The molecule has 2 atom stereocenters. The smallest absolute Gasteiger partial charge is 0.194 e. The predicted molar refractivity (Wildman–Crippen MR) is 38.0 cm³/mol. The Morgan fingerprint density at radius 2 is 2.27 bits per heavy atom. The van der Waals surface area contributed by atoms with Gasteiger partial charge in [0.15, 0.2) is 5.79 Å². The summed E-state index contributed by atoms with van der Waals surface area (Å²) < 4.78 is 9.96. The molecule has 0 amide bonds. The third kappa shape index (κ3) is 1.90. The maximum absolute atomic E-state index is 9.31. The van der Waals surface area contributed by atoms with Crippen molar-refractivity contribution >= 4 is 0 Å². The molecule has 1 aliphatic heterocycles. The molecule has 0 unspecified atom stereocenters. The van der Waals surface area contributed by atoms with Gasteiger partial charge in [-0.05, 0) is 6.92 Å². The van der Waals surface area contributed by atoms with E-state index in [4.69, 9.17) is 9.47 Å². The molecular weight excluding hydrogens is 148 g/mol. The second kappa shape index (κ2) is 3.06. The minimum absolute atomic E-state index is 0.106. The number of aliphatic hydroxyl groups is 2. The third-order valence-electron chi connectivity index (χ3n) is 1.82. The highest BCUT2D eigenvalue weighted by Crippen LogP contribution is 2.27. The quantitative estimate of drug-likeness (QED) is 0.537. The van der Waals surface area contributed by atoms with E-state index < -0.39 is 11.9 Å². The van der Waals surface area contributed by atoms with E-state index in [-0.39, 0.29) is 19.1 Å². The molecule has 1 saturated heterocycles. The van der Waals surface area contributed by atoms with Gasteiger partial charge in [0.25, 0.3) is 0 Å². The average molecular weight is 162 g/mol. The molecule has 1 rings (SSSR count). The van der Waals surface area contributed by atoms with Gasteiger partial charge in [-0.2, -0.15) is 0 Å². The molecule has 1 heterocycles. The molecule has 0 aromatic carbocycles. The molecule has 4 heteroatoms. The zero-order valence-electron chi connectivity index (χ0n) is 6.78. The molecule has 0 aromatic heterocycles. The maximum atomic E-state index is 9.31. The van der Waals surface area contributed by atoms with E-state index in [1.165, 1.54) is 7.11 Å². The number of ether oxygens (including phenoxy) is 2. The van der Waals surface area contributed by atoms with Crippen molar-refractivity contribution in [3.05, 3.63) is 0 Å². The van der Waals surface area contributed by atoms with E-state index in [9.17, 15) is 10.2 Å². The van der Waals surface area contributed by atoms with E-state index in [2.05, 4.69) is 0 Å². The molecule has 0 aliphatic carbocycles. The van der Waals surface area contributed by atoms with Gasteiger partial charge in [0.05, 0.1) is 12.7 Å². The van der Waals surface area contributed by atoms with Crippen LogP contribution in [-0.4, -0.2) is 41.9 Å². The molecule has 2 N–H and O–H groups in total. The van der Waals surface area contributed by atoms with Gasteiger partial charge in [0, 0.05) is 13.5 Å². The maximum Gasteiger partial charge on any atom is 0.194 e. The summed E-state index contributed by atoms with van der Waals surface area (Å²) >= 11 is 0. The zero-order chi connectivity index (χ0) is 8.48. The Balaban J connectivity index is 2.51. The summed E-state index contributed by atoms with van der Waals surface area (Å²) in [6.45, 7) is 2.02. The van der Waals surface area contributed by atoms with Crippen molar-refractivity contribution in [2.45, 2.75) is 31.3 Å². The topological polar surface area (TPSA) is 58.9 Å². The molecule has 0 spiro atoms. The van der Waals surface area contributed by atoms with Crippen LogP contribution in [0.1, 0.15) is 13.3 Å². The van der Waals surface area contributed by atoms with E-state index in [1.807, 2.05) is 0 Å². The molecule has 66 valence electrons. The second-order valence-corrected chi connectivity index (χ2v) is 2.97. The summed E-state index contributed by atoms with van der Waals surface area (Å²) in [4.78, 5) is 0. The van der Waals surface area contributed by atoms with Crippen molar-refractivity contribution < 1.29 is 19.7 Å². The van der Waals surface area contributed by atoms with Crippen molar-refractivity contribution in [3.8, 4) is 0 Å². The Labute approximate surface area is 65.7 Å². The van der Waals surface area contributed by atoms with Gasteiger partial charge in [-0.25, -0.2) is 0 Å². The first-order valence-corrected chi connectivity index (χ1v) is 3.65. The highest BCUT2D eigenvalue weighted by Gasteiger charge is 2.44. The van der Waals surface area contributed by atoms with Crippen LogP contribution in [0.25, 0.3) is 0 Å². The highest BCUT2D eigenvalue weighted by molar-refractivity contribution is 4.85. The molecular formula is C7H14O4. The molecule has 0 bridgehead atoms. The first-order chi connectivity index (χ1) is 5.06. The number of rotatable bonds is 2. The van der Waals surface area contributed by atoms with Crippen molar-refractivity contribution in [1.82, 2.24) is 0 Å². The number of hydrogen-bond acceptors (Lipinski definition) is 4. The zero-order valence-corrected chi connectivity index (χ0v) is 6.78. The van der Waals surface area contributed by atoms with Crippen LogP contribution in [0.3, 0.4) is 0 Å². The van der Waals surface area contributed by atoms with E-state index >= 15 is 0 Å². The molecule has 1 fully saturated rings.